The summed E-state index contributed by atoms with van der Waals surface area (Å²) >= 11 is 0. The molecule has 1 unspecified atom stereocenters. The predicted molar refractivity (Wildman–Crippen MR) is 98.7 cm³/mol. The molecule has 2 aromatic rings. The Morgan fingerprint density at radius 3 is 2.62 bits per heavy atom. The van der Waals surface area contributed by atoms with Crippen LogP contribution in [0, 0.1) is 0 Å². The summed E-state index contributed by atoms with van der Waals surface area (Å²) in [5.41, 5.74) is 3.09. The van der Waals surface area contributed by atoms with Crippen molar-refractivity contribution in [3.63, 3.8) is 0 Å². The number of aromatic nitrogens is 1. The largest absolute Gasteiger partial charge is 0.329 e. The fourth-order valence-electron chi connectivity index (χ4n) is 2.99. The van der Waals surface area contributed by atoms with E-state index < -0.39 is 0 Å². The van der Waals surface area contributed by atoms with Gasteiger partial charge in [-0.1, -0.05) is 32.0 Å². The van der Waals surface area contributed by atoms with E-state index >= 15 is 0 Å². The van der Waals surface area contributed by atoms with Gasteiger partial charge in [-0.3, -0.25) is 9.78 Å². The van der Waals surface area contributed by atoms with Gasteiger partial charge in [0, 0.05) is 37.6 Å². The molecule has 1 atom stereocenters. The molecule has 1 fully saturated rings. The number of halogens is 1. The van der Waals surface area contributed by atoms with Crippen LogP contribution in [0.2, 0.25) is 0 Å². The van der Waals surface area contributed by atoms with Crippen molar-refractivity contribution in [1.82, 2.24) is 15.2 Å². The molecule has 0 radical (unpaired) electrons. The van der Waals surface area contributed by atoms with Crippen LogP contribution < -0.4 is 5.32 Å². The highest BCUT2D eigenvalue weighted by Crippen LogP contribution is 2.24. The van der Waals surface area contributed by atoms with E-state index in [-0.39, 0.29) is 24.4 Å². The van der Waals surface area contributed by atoms with Crippen molar-refractivity contribution in [3.05, 3.63) is 65.5 Å². The fraction of sp³-hybridized carbons (Fsp3) is 0.368. The van der Waals surface area contributed by atoms with Gasteiger partial charge in [0.05, 0.1) is 6.04 Å². The van der Waals surface area contributed by atoms with Gasteiger partial charge in [0.25, 0.3) is 5.91 Å². The standard InChI is InChI=1S/C19H23N3O.ClH/c1-14(2)15-5-7-16(8-6-15)19(23)22-11-10-21-13-18(22)17-4-3-9-20-12-17;/h3-9,12,14,18,21H,10-11,13H2,1-2H3;1H. The number of carbonyl (C=O) groups is 1. The first-order valence-electron chi connectivity index (χ1n) is 8.18. The van der Waals surface area contributed by atoms with Crippen LogP contribution in [-0.2, 0) is 0 Å². The second-order valence-electron chi connectivity index (χ2n) is 6.28. The summed E-state index contributed by atoms with van der Waals surface area (Å²) in [7, 11) is 0. The van der Waals surface area contributed by atoms with E-state index in [1.807, 2.05) is 35.4 Å². The average molecular weight is 346 g/mol. The molecule has 1 aliphatic rings. The first kappa shape index (κ1) is 18.4. The zero-order valence-electron chi connectivity index (χ0n) is 14.1. The van der Waals surface area contributed by atoms with Crippen LogP contribution in [0.15, 0.2) is 48.8 Å². The molecule has 0 bridgehead atoms. The molecule has 128 valence electrons. The molecule has 0 saturated carbocycles. The molecule has 1 saturated heterocycles. The highest BCUT2D eigenvalue weighted by molar-refractivity contribution is 5.94. The lowest BCUT2D eigenvalue weighted by Gasteiger charge is -2.36. The van der Waals surface area contributed by atoms with Crippen LogP contribution in [-0.4, -0.2) is 35.4 Å². The highest BCUT2D eigenvalue weighted by Gasteiger charge is 2.28. The molecule has 0 aliphatic carbocycles. The van der Waals surface area contributed by atoms with E-state index in [0.717, 1.165) is 24.2 Å². The molecule has 3 rings (SSSR count). The van der Waals surface area contributed by atoms with Gasteiger partial charge in [0.15, 0.2) is 0 Å². The molecule has 0 spiro atoms. The van der Waals surface area contributed by atoms with Crippen molar-refractivity contribution >= 4 is 18.3 Å². The van der Waals surface area contributed by atoms with E-state index in [4.69, 9.17) is 0 Å². The summed E-state index contributed by atoms with van der Waals surface area (Å²) < 4.78 is 0. The molecular formula is C19H24ClN3O. The van der Waals surface area contributed by atoms with Crippen LogP contribution in [0.1, 0.15) is 47.3 Å². The Morgan fingerprint density at radius 2 is 2.00 bits per heavy atom. The summed E-state index contributed by atoms with van der Waals surface area (Å²) in [5, 5.41) is 3.37. The number of hydrogen-bond donors (Lipinski definition) is 1. The van der Waals surface area contributed by atoms with Crippen molar-refractivity contribution < 1.29 is 4.79 Å². The van der Waals surface area contributed by atoms with Crippen LogP contribution in [0.4, 0.5) is 0 Å². The minimum absolute atomic E-state index is 0. The second-order valence-corrected chi connectivity index (χ2v) is 6.28. The minimum atomic E-state index is 0. The number of pyridine rings is 1. The molecule has 1 aromatic heterocycles. The molecule has 5 heteroatoms. The maximum atomic E-state index is 12.9. The van der Waals surface area contributed by atoms with Crippen LogP contribution in [0.25, 0.3) is 0 Å². The van der Waals surface area contributed by atoms with Crippen molar-refractivity contribution in [1.29, 1.82) is 0 Å². The van der Waals surface area contributed by atoms with E-state index in [0.29, 0.717) is 12.5 Å². The third-order valence-electron chi connectivity index (χ3n) is 4.40. The molecular weight excluding hydrogens is 322 g/mol. The molecule has 2 heterocycles. The van der Waals surface area contributed by atoms with E-state index in [2.05, 4.69) is 36.3 Å². The lowest BCUT2D eigenvalue weighted by molar-refractivity contribution is 0.0634. The number of benzene rings is 1. The monoisotopic (exact) mass is 345 g/mol. The van der Waals surface area contributed by atoms with Gasteiger partial charge in [0.1, 0.15) is 0 Å². The van der Waals surface area contributed by atoms with Gasteiger partial charge < -0.3 is 10.2 Å². The lowest BCUT2D eigenvalue weighted by Crippen LogP contribution is -2.48. The zero-order valence-corrected chi connectivity index (χ0v) is 14.9. The predicted octanol–water partition coefficient (Wildman–Crippen LogP) is 3.41. The van der Waals surface area contributed by atoms with Crippen molar-refractivity contribution in [2.45, 2.75) is 25.8 Å². The Morgan fingerprint density at radius 1 is 1.25 bits per heavy atom. The smallest absolute Gasteiger partial charge is 0.254 e. The number of nitrogens with one attached hydrogen (secondary N) is 1. The normalized spacial score (nSPS) is 17.5. The Hall–Kier alpha value is -1.91. The quantitative estimate of drug-likeness (QED) is 0.927. The first-order chi connectivity index (χ1) is 11.2. The molecule has 1 aliphatic heterocycles. The summed E-state index contributed by atoms with van der Waals surface area (Å²) in [6.07, 6.45) is 3.61. The Bertz CT molecular complexity index is 658. The Balaban J connectivity index is 0.00000208. The van der Waals surface area contributed by atoms with Gasteiger partial charge >= 0.3 is 0 Å². The number of amides is 1. The number of piperazine rings is 1. The maximum Gasteiger partial charge on any atom is 0.254 e. The minimum Gasteiger partial charge on any atom is -0.329 e. The molecule has 1 aromatic carbocycles. The van der Waals surface area contributed by atoms with Crippen LogP contribution in [0.3, 0.4) is 0 Å². The topological polar surface area (TPSA) is 45.2 Å². The van der Waals surface area contributed by atoms with Crippen molar-refractivity contribution in [2.24, 2.45) is 0 Å². The third-order valence-corrected chi connectivity index (χ3v) is 4.40. The summed E-state index contributed by atoms with van der Waals surface area (Å²) in [6, 6.07) is 12.0. The SMILES string of the molecule is CC(C)c1ccc(C(=O)N2CCNCC2c2cccnc2)cc1.Cl. The number of rotatable bonds is 3. The van der Waals surface area contributed by atoms with Crippen LogP contribution in [0.5, 0.6) is 0 Å². The lowest BCUT2D eigenvalue weighted by atomic mass is 10.00. The van der Waals surface area contributed by atoms with E-state index in [1.54, 1.807) is 6.20 Å². The summed E-state index contributed by atoms with van der Waals surface area (Å²) in [4.78, 5) is 19.1. The molecule has 1 amide bonds. The Kier molecular flexibility index (Phi) is 6.35. The maximum absolute atomic E-state index is 12.9. The van der Waals surface area contributed by atoms with Gasteiger partial charge in [0.2, 0.25) is 0 Å². The molecule has 24 heavy (non-hydrogen) atoms. The zero-order chi connectivity index (χ0) is 16.2. The van der Waals surface area contributed by atoms with Crippen LogP contribution >= 0.6 is 12.4 Å². The summed E-state index contributed by atoms with van der Waals surface area (Å²) in [6.45, 7) is 6.62. The van der Waals surface area contributed by atoms with Gasteiger partial charge in [-0.05, 0) is 35.2 Å². The second kappa shape index (κ2) is 8.27. The average Bonchev–Trinajstić information content (AvgIpc) is 2.62. The van der Waals surface area contributed by atoms with Gasteiger partial charge in [-0.25, -0.2) is 0 Å². The fourth-order valence-corrected chi connectivity index (χ4v) is 2.99. The first-order valence-corrected chi connectivity index (χ1v) is 8.18. The summed E-state index contributed by atoms with van der Waals surface area (Å²) in [5.74, 6) is 0.567. The van der Waals surface area contributed by atoms with Crippen molar-refractivity contribution in [3.8, 4) is 0 Å². The Labute approximate surface area is 149 Å². The number of carbonyl (C=O) groups excluding carboxylic acids is 1. The van der Waals surface area contributed by atoms with Gasteiger partial charge in [-0.2, -0.15) is 0 Å². The van der Waals surface area contributed by atoms with E-state index in [9.17, 15) is 4.79 Å². The molecule has 1 N–H and O–H groups in total. The van der Waals surface area contributed by atoms with Gasteiger partial charge in [-0.15, -0.1) is 12.4 Å². The highest BCUT2D eigenvalue weighted by atomic mass is 35.5. The number of hydrogen-bond acceptors (Lipinski definition) is 3. The molecule has 4 nitrogen and oxygen atoms in total. The number of nitrogens with zero attached hydrogens (tertiary/aromatic N) is 2. The third kappa shape index (κ3) is 3.94. The van der Waals surface area contributed by atoms with Crippen molar-refractivity contribution in [2.75, 3.05) is 19.6 Å². The van der Waals surface area contributed by atoms with E-state index in [1.165, 1.54) is 5.56 Å².